The third kappa shape index (κ3) is 2.78. The molecule has 0 aromatic carbocycles. The highest BCUT2D eigenvalue weighted by molar-refractivity contribution is 5.66. The van der Waals surface area contributed by atoms with Gasteiger partial charge in [-0.15, -0.1) is 0 Å². The van der Waals surface area contributed by atoms with Crippen LogP contribution in [0, 0.1) is 50.7 Å². The van der Waals surface area contributed by atoms with Gasteiger partial charge in [-0.05, 0) is 96.9 Å². The molecule has 3 nitrogen and oxygen atoms in total. The molecule has 10 atom stereocenters. The van der Waals surface area contributed by atoms with Gasteiger partial charge < -0.3 is 9.47 Å². The van der Waals surface area contributed by atoms with Crippen LogP contribution < -0.4 is 0 Å². The molecular weight excluding hydrogens is 453 g/mol. The fourth-order valence-electron chi connectivity index (χ4n) is 11.6. The SMILES string of the molecule is CC(=O)O[C@H]1CC[C@]23C[C@]24CC[C@]2(C)C5C(C)C=C(C(F)(F)F)OC5C[C@@]2(C)[C@@H]4CC[C@H]3C1(C)C. The number of hydrogen-bond acceptors (Lipinski definition) is 3. The molecule has 5 fully saturated rings. The van der Waals surface area contributed by atoms with E-state index in [2.05, 4.69) is 27.7 Å². The number of rotatable bonds is 1. The zero-order valence-corrected chi connectivity index (χ0v) is 22.1. The number of halogens is 3. The standard InChI is InChI=1S/C29H41F3O3/c1-16-13-22(29(30,31)32)35-18-14-26(6)20-8-7-19-24(3,4)21(34-17(2)33)9-10-27(19)15-28(20,27)12-11-25(26,5)23(16)18/h13,16,18-21,23H,7-12,14-15H2,1-6H3/t16?,18?,19-,20-,21-,23?,25+,26-,27+,28-/m0/s1. The molecule has 0 amide bonds. The average Bonchev–Trinajstić information content (AvgIpc) is 3.33. The van der Waals surface area contributed by atoms with Crippen molar-refractivity contribution in [1.29, 1.82) is 0 Å². The summed E-state index contributed by atoms with van der Waals surface area (Å²) in [5.74, 6) is 0.113. The molecule has 1 heterocycles. The van der Waals surface area contributed by atoms with Gasteiger partial charge in [0.05, 0.1) is 0 Å². The first-order chi connectivity index (χ1) is 16.1. The van der Waals surface area contributed by atoms with Crippen molar-refractivity contribution in [1.82, 2.24) is 0 Å². The van der Waals surface area contributed by atoms with E-state index in [-0.39, 0.29) is 46.3 Å². The van der Waals surface area contributed by atoms with E-state index in [4.69, 9.17) is 9.47 Å². The van der Waals surface area contributed by atoms with Crippen LogP contribution in [0.3, 0.4) is 0 Å². The second-order valence-corrected chi connectivity index (χ2v) is 14.2. The summed E-state index contributed by atoms with van der Waals surface area (Å²) in [6, 6.07) is 0. The van der Waals surface area contributed by atoms with Crippen LogP contribution in [0.2, 0.25) is 0 Å². The maximum Gasteiger partial charge on any atom is 0.448 e. The van der Waals surface area contributed by atoms with Crippen molar-refractivity contribution in [2.24, 2.45) is 50.7 Å². The van der Waals surface area contributed by atoms with Crippen molar-refractivity contribution in [3.8, 4) is 0 Å². The molecule has 5 aliphatic carbocycles. The lowest BCUT2D eigenvalue weighted by Crippen LogP contribution is -2.58. The maximum absolute atomic E-state index is 13.6. The summed E-state index contributed by atoms with van der Waals surface area (Å²) in [6.07, 6.45) is 5.10. The molecule has 0 N–H and O–H groups in total. The summed E-state index contributed by atoms with van der Waals surface area (Å²) in [7, 11) is 0. The Bertz CT molecular complexity index is 986. The van der Waals surface area contributed by atoms with E-state index >= 15 is 0 Å². The van der Waals surface area contributed by atoms with Gasteiger partial charge in [-0.3, -0.25) is 4.79 Å². The number of ether oxygens (including phenoxy) is 2. The molecule has 6 heteroatoms. The van der Waals surface area contributed by atoms with Crippen LogP contribution in [0.25, 0.3) is 0 Å². The predicted molar refractivity (Wildman–Crippen MR) is 126 cm³/mol. The Morgan fingerprint density at radius 1 is 1.00 bits per heavy atom. The number of hydrogen-bond donors (Lipinski definition) is 0. The van der Waals surface area contributed by atoms with Crippen molar-refractivity contribution < 1.29 is 27.4 Å². The minimum atomic E-state index is -4.42. The van der Waals surface area contributed by atoms with Crippen molar-refractivity contribution in [3.05, 3.63) is 11.8 Å². The monoisotopic (exact) mass is 494 g/mol. The number of alkyl halides is 3. The summed E-state index contributed by atoms with van der Waals surface area (Å²) in [6.45, 7) is 12.9. The molecule has 35 heavy (non-hydrogen) atoms. The third-order valence-corrected chi connectivity index (χ3v) is 12.9. The van der Waals surface area contributed by atoms with Gasteiger partial charge in [0.25, 0.3) is 0 Å². The van der Waals surface area contributed by atoms with E-state index in [1.807, 2.05) is 6.92 Å². The smallest absolute Gasteiger partial charge is 0.448 e. The summed E-state index contributed by atoms with van der Waals surface area (Å²) >= 11 is 0. The highest BCUT2D eigenvalue weighted by Crippen LogP contribution is 2.89. The van der Waals surface area contributed by atoms with Gasteiger partial charge in [0.15, 0.2) is 5.76 Å². The molecular formula is C29H41F3O3. The van der Waals surface area contributed by atoms with Crippen LogP contribution in [0.1, 0.15) is 92.9 Å². The molecule has 5 saturated carbocycles. The molecule has 3 unspecified atom stereocenters. The Morgan fingerprint density at radius 3 is 2.31 bits per heavy atom. The van der Waals surface area contributed by atoms with Crippen LogP contribution in [-0.4, -0.2) is 24.4 Å². The van der Waals surface area contributed by atoms with Gasteiger partial charge in [-0.25, -0.2) is 0 Å². The molecule has 0 aromatic rings. The fraction of sp³-hybridized carbons (Fsp3) is 0.897. The Balaban J connectivity index is 1.33. The molecule has 0 aromatic heterocycles. The van der Waals surface area contributed by atoms with Crippen LogP contribution in [0.5, 0.6) is 0 Å². The summed E-state index contributed by atoms with van der Waals surface area (Å²) in [4.78, 5) is 11.8. The minimum absolute atomic E-state index is 0.0122. The zero-order chi connectivity index (χ0) is 25.4. The number of fused-ring (bicyclic) bond motifs is 4. The molecule has 6 rings (SSSR count). The first-order valence-corrected chi connectivity index (χ1v) is 13.8. The molecule has 1 aliphatic heterocycles. The van der Waals surface area contributed by atoms with E-state index in [9.17, 15) is 18.0 Å². The van der Waals surface area contributed by atoms with E-state index in [0.717, 1.165) is 38.5 Å². The van der Waals surface area contributed by atoms with E-state index in [0.29, 0.717) is 22.7 Å². The van der Waals surface area contributed by atoms with Crippen LogP contribution >= 0.6 is 0 Å². The zero-order valence-electron chi connectivity index (χ0n) is 22.1. The van der Waals surface area contributed by atoms with Crippen molar-refractivity contribution in [2.75, 3.05) is 0 Å². The summed E-state index contributed by atoms with van der Waals surface area (Å²) in [5.41, 5.74) is 0.513. The molecule has 2 spiro atoms. The number of carbonyl (C=O) groups excluding carboxylic acids is 1. The molecule has 0 saturated heterocycles. The van der Waals surface area contributed by atoms with Crippen molar-refractivity contribution in [2.45, 2.75) is 111 Å². The Morgan fingerprint density at radius 2 is 1.66 bits per heavy atom. The van der Waals surface area contributed by atoms with Gasteiger partial charge in [-0.1, -0.05) is 34.6 Å². The quantitative estimate of drug-likeness (QED) is 0.355. The highest BCUT2D eigenvalue weighted by atomic mass is 19.4. The van der Waals surface area contributed by atoms with Crippen molar-refractivity contribution in [3.63, 3.8) is 0 Å². The van der Waals surface area contributed by atoms with Crippen LogP contribution in [0.15, 0.2) is 11.8 Å². The molecule has 196 valence electrons. The molecule has 6 aliphatic rings. The van der Waals surface area contributed by atoms with E-state index in [1.54, 1.807) is 0 Å². The average molecular weight is 495 g/mol. The first kappa shape index (κ1) is 24.2. The van der Waals surface area contributed by atoms with Crippen LogP contribution in [-0.2, 0) is 14.3 Å². The topological polar surface area (TPSA) is 35.5 Å². The highest BCUT2D eigenvalue weighted by Gasteiger charge is 2.83. The molecule has 0 radical (unpaired) electrons. The predicted octanol–water partition coefficient (Wildman–Crippen LogP) is 7.45. The van der Waals surface area contributed by atoms with E-state index in [1.165, 1.54) is 25.8 Å². The number of allylic oxidation sites excluding steroid dienone is 2. The lowest BCUT2D eigenvalue weighted by molar-refractivity contribution is -0.181. The Kier molecular flexibility index (Phi) is 4.70. The van der Waals surface area contributed by atoms with E-state index < -0.39 is 11.9 Å². The van der Waals surface area contributed by atoms with Gasteiger partial charge in [0, 0.05) is 18.3 Å². The second kappa shape index (κ2) is 6.81. The minimum Gasteiger partial charge on any atom is -0.486 e. The first-order valence-electron chi connectivity index (χ1n) is 13.8. The van der Waals surface area contributed by atoms with Gasteiger partial charge in [0.2, 0.25) is 0 Å². The molecule has 0 bridgehead atoms. The number of esters is 1. The van der Waals surface area contributed by atoms with Crippen LogP contribution in [0.4, 0.5) is 13.2 Å². The number of carbonyl (C=O) groups is 1. The largest absolute Gasteiger partial charge is 0.486 e. The van der Waals surface area contributed by atoms with Crippen molar-refractivity contribution >= 4 is 5.97 Å². The second-order valence-electron chi connectivity index (χ2n) is 14.2. The Hall–Kier alpha value is -1.20. The maximum atomic E-state index is 13.6. The summed E-state index contributed by atoms with van der Waals surface area (Å²) < 4.78 is 52.4. The normalized spacial score (nSPS) is 53.6. The third-order valence-electron chi connectivity index (χ3n) is 12.9. The van der Waals surface area contributed by atoms with Gasteiger partial charge in [0.1, 0.15) is 12.2 Å². The fourth-order valence-corrected chi connectivity index (χ4v) is 11.6. The van der Waals surface area contributed by atoms with Gasteiger partial charge >= 0.3 is 12.1 Å². The Labute approximate surface area is 207 Å². The lowest BCUT2D eigenvalue weighted by atomic mass is 9.42. The summed E-state index contributed by atoms with van der Waals surface area (Å²) in [5, 5.41) is 0. The lowest BCUT2D eigenvalue weighted by Gasteiger charge is -2.63. The van der Waals surface area contributed by atoms with Gasteiger partial charge in [-0.2, -0.15) is 13.2 Å².